The Morgan fingerprint density at radius 3 is 2.70 bits per heavy atom. The fourth-order valence-corrected chi connectivity index (χ4v) is 3.23. The molecule has 0 amide bonds. The Hall–Kier alpha value is -1.59. The van der Waals surface area contributed by atoms with Gasteiger partial charge in [-0.3, -0.25) is 4.99 Å². The second kappa shape index (κ2) is 9.53. The summed E-state index contributed by atoms with van der Waals surface area (Å²) in [4.78, 5) is 9.85. The first kappa shape index (κ1) is 17.8. The van der Waals surface area contributed by atoms with Gasteiger partial charge < -0.3 is 10.6 Å². The SMILES string of the molecule is CN=C(NCCCc1ccccc1Cl)NCCc1ncc(C)s1. The third-order valence-electron chi connectivity index (χ3n) is 3.40. The first-order valence-electron chi connectivity index (χ1n) is 7.78. The van der Waals surface area contributed by atoms with E-state index in [0.29, 0.717) is 0 Å². The zero-order chi connectivity index (χ0) is 16.5. The number of hydrogen-bond acceptors (Lipinski definition) is 3. The second-order valence-corrected chi connectivity index (χ2v) is 6.96. The van der Waals surface area contributed by atoms with Crippen molar-refractivity contribution >= 4 is 28.9 Å². The van der Waals surface area contributed by atoms with Gasteiger partial charge in [-0.1, -0.05) is 29.8 Å². The highest BCUT2D eigenvalue weighted by molar-refractivity contribution is 7.11. The third kappa shape index (κ3) is 6.20. The van der Waals surface area contributed by atoms with Crippen LogP contribution >= 0.6 is 22.9 Å². The van der Waals surface area contributed by atoms with Gasteiger partial charge in [-0.2, -0.15) is 0 Å². The van der Waals surface area contributed by atoms with Gasteiger partial charge in [-0.25, -0.2) is 4.98 Å². The molecule has 0 spiro atoms. The summed E-state index contributed by atoms with van der Waals surface area (Å²) in [5.41, 5.74) is 1.19. The van der Waals surface area contributed by atoms with E-state index in [-0.39, 0.29) is 0 Å². The minimum absolute atomic E-state index is 0.830. The van der Waals surface area contributed by atoms with Crippen molar-refractivity contribution < 1.29 is 0 Å². The predicted molar refractivity (Wildman–Crippen MR) is 99.7 cm³/mol. The van der Waals surface area contributed by atoms with Crippen LogP contribution in [0.2, 0.25) is 5.02 Å². The summed E-state index contributed by atoms with van der Waals surface area (Å²) in [6.45, 7) is 3.77. The van der Waals surface area contributed by atoms with Crippen LogP contribution in [0.1, 0.15) is 21.9 Å². The van der Waals surface area contributed by atoms with Crippen LogP contribution in [0.4, 0.5) is 0 Å². The lowest BCUT2D eigenvalue weighted by atomic mass is 10.1. The molecule has 2 rings (SSSR count). The van der Waals surface area contributed by atoms with Gasteiger partial charge in [0.05, 0.1) is 5.01 Å². The number of aromatic nitrogens is 1. The van der Waals surface area contributed by atoms with E-state index >= 15 is 0 Å². The number of hydrogen-bond donors (Lipinski definition) is 2. The molecule has 1 aromatic carbocycles. The Balaban J connectivity index is 1.64. The predicted octanol–water partition coefficient (Wildman–Crippen LogP) is 3.45. The fourth-order valence-electron chi connectivity index (χ4n) is 2.21. The van der Waals surface area contributed by atoms with E-state index in [9.17, 15) is 0 Å². The minimum Gasteiger partial charge on any atom is -0.356 e. The molecule has 4 nitrogen and oxygen atoms in total. The smallest absolute Gasteiger partial charge is 0.190 e. The maximum atomic E-state index is 6.16. The molecule has 2 N–H and O–H groups in total. The van der Waals surface area contributed by atoms with Crippen molar-refractivity contribution in [1.29, 1.82) is 0 Å². The number of aliphatic imine (C=N–C) groups is 1. The molecule has 0 saturated carbocycles. The number of guanidine groups is 1. The van der Waals surface area contributed by atoms with E-state index in [4.69, 9.17) is 11.6 Å². The van der Waals surface area contributed by atoms with Crippen LogP contribution in [0.15, 0.2) is 35.5 Å². The van der Waals surface area contributed by atoms with Gasteiger partial charge in [0.1, 0.15) is 0 Å². The average Bonchev–Trinajstić information content (AvgIpc) is 2.96. The topological polar surface area (TPSA) is 49.3 Å². The molecular formula is C17H23ClN4S. The maximum Gasteiger partial charge on any atom is 0.190 e. The van der Waals surface area contributed by atoms with Crippen molar-refractivity contribution in [3.8, 4) is 0 Å². The van der Waals surface area contributed by atoms with Gasteiger partial charge in [-0.15, -0.1) is 11.3 Å². The molecule has 1 heterocycles. The summed E-state index contributed by atoms with van der Waals surface area (Å²) in [7, 11) is 1.79. The van der Waals surface area contributed by atoms with Crippen molar-refractivity contribution in [2.24, 2.45) is 4.99 Å². The molecule has 2 aromatic rings. The summed E-state index contributed by atoms with van der Waals surface area (Å²) < 4.78 is 0. The quantitative estimate of drug-likeness (QED) is 0.457. The number of benzene rings is 1. The van der Waals surface area contributed by atoms with Crippen LogP contribution in [0.3, 0.4) is 0 Å². The summed E-state index contributed by atoms with van der Waals surface area (Å²) in [5.74, 6) is 0.831. The van der Waals surface area contributed by atoms with Crippen molar-refractivity contribution in [2.45, 2.75) is 26.2 Å². The number of thiazole rings is 1. The van der Waals surface area contributed by atoms with Gasteiger partial charge in [0.25, 0.3) is 0 Å². The third-order valence-corrected chi connectivity index (χ3v) is 4.74. The largest absolute Gasteiger partial charge is 0.356 e. The number of nitrogens with one attached hydrogen (secondary N) is 2. The molecule has 0 saturated heterocycles. The summed E-state index contributed by atoms with van der Waals surface area (Å²) in [6.07, 6.45) is 4.80. The van der Waals surface area contributed by atoms with Gasteiger partial charge >= 0.3 is 0 Å². The standard InChI is InChI=1S/C17H23ClN4S/c1-13-12-22-16(23-13)9-11-21-17(19-2)20-10-5-7-14-6-3-4-8-15(14)18/h3-4,6,8,12H,5,7,9-11H2,1-2H3,(H2,19,20,21). The summed E-state index contributed by atoms with van der Waals surface area (Å²) in [6, 6.07) is 7.99. The molecule has 1 aromatic heterocycles. The fraction of sp³-hybridized carbons (Fsp3) is 0.412. The molecule has 0 unspecified atom stereocenters. The molecule has 0 aliphatic heterocycles. The van der Waals surface area contributed by atoms with Crippen LogP contribution in [0, 0.1) is 6.92 Å². The maximum absolute atomic E-state index is 6.16. The van der Waals surface area contributed by atoms with Crippen LogP contribution in [0.25, 0.3) is 0 Å². The average molecular weight is 351 g/mol. The highest BCUT2D eigenvalue weighted by Gasteiger charge is 2.02. The van der Waals surface area contributed by atoms with Crippen LogP contribution in [-0.4, -0.2) is 31.1 Å². The summed E-state index contributed by atoms with van der Waals surface area (Å²) in [5, 5.41) is 8.64. The van der Waals surface area contributed by atoms with Gasteiger partial charge in [-0.05, 0) is 31.4 Å². The first-order valence-corrected chi connectivity index (χ1v) is 8.97. The molecule has 0 bridgehead atoms. The van der Waals surface area contributed by atoms with E-state index in [2.05, 4.69) is 33.6 Å². The number of aryl methyl sites for hydroxylation is 2. The highest BCUT2D eigenvalue weighted by atomic mass is 35.5. The Kier molecular flexibility index (Phi) is 7.36. The van der Waals surface area contributed by atoms with Gasteiger partial charge in [0.2, 0.25) is 0 Å². The zero-order valence-corrected chi connectivity index (χ0v) is 15.2. The van der Waals surface area contributed by atoms with E-state index in [1.54, 1.807) is 18.4 Å². The van der Waals surface area contributed by atoms with E-state index in [1.165, 1.54) is 10.4 Å². The number of halogens is 1. The Morgan fingerprint density at radius 1 is 1.22 bits per heavy atom. The first-order chi connectivity index (χ1) is 11.2. The normalized spacial score (nSPS) is 11.5. The van der Waals surface area contributed by atoms with Crippen LogP contribution in [-0.2, 0) is 12.8 Å². The molecule has 124 valence electrons. The molecule has 0 aliphatic carbocycles. The minimum atomic E-state index is 0.830. The van der Waals surface area contributed by atoms with Crippen LogP contribution < -0.4 is 10.6 Å². The molecular weight excluding hydrogens is 328 g/mol. The highest BCUT2D eigenvalue weighted by Crippen LogP contribution is 2.16. The van der Waals surface area contributed by atoms with Crippen molar-refractivity contribution in [3.05, 3.63) is 50.9 Å². The van der Waals surface area contributed by atoms with Gasteiger partial charge in [0.15, 0.2) is 5.96 Å². The van der Waals surface area contributed by atoms with Crippen molar-refractivity contribution in [2.75, 3.05) is 20.1 Å². The zero-order valence-electron chi connectivity index (χ0n) is 13.6. The Labute approximate surface area is 147 Å². The molecule has 0 aliphatic rings. The van der Waals surface area contributed by atoms with E-state index in [1.807, 2.05) is 24.4 Å². The molecule has 6 heteroatoms. The lowest BCUT2D eigenvalue weighted by Crippen LogP contribution is -2.38. The van der Waals surface area contributed by atoms with E-state index in [0.717, 1.165) is 48.3 Å². The second-order valence-electron chi connectivity index (χ2n) is 5.24. The lowest BCUT2D eigenvalue weighted by molar-refractivity contribution is 0.738. The van der Waals surface area contributed by atoms with E-state index < -0.39 is 0 Å². The summed E-state index contributed by atoms with van der Waals surface area (Å²) >= 11 is 7.90. The van der Waals surface area contributed by atoms with Gasteiger partial charge in [0, 0.05) is 42.7 Å². The molecule has 23 heavy (non-hydrogen) atoms. The Bertz CT molecular complexity index is 639. The molecule has 0 radical (unpaired) electrons. The lowest BCUT2D eigenvalue weighted by Gasteiger charge is -2.11. The van der Waals surface area contributed by atoms with Crippen molar-refractivity contribution in [3.63, 3.8) is 0 Å². The van der Waals surface area contributed by atoms with Crippen molar-refractivity contribution in [1.82, 2.24) is 15.6 Å². The number of rotatable bonds is 7. The van der Waals surface area contributed by atoms with Crippen LogP contribution in [0.5, 0.6) is 0 Å². The molecule has 0 fully saturated rings. The Morgan fingerprint density at radius 2 is 2.00 bits per heavy atom. The monoisotopic (exact) mass is 350 g/mol. The number of nitrogens with zero attached hydrogens (tertiary/aromatic N) is 2. The molecule has 0 atom stereocenters.